The lowest BCUT2D eigenvalue weighted by Crippen LogP contribution is -2.24. The van der Waals surface area contributed by atoms with Crippen LogP contribution in [0.4, 0.5) is 26.1 Å². The van der Waals surface area contributed by atoms with Crippen molar-refractivity contribution in [1.29, 1.82) is 0 Å². The molecule has 4 rings (SSSR count). The maximum atomic E-state index is 13.9. The topological polar surface area (TPSA) is 45.2 Å². The van der Waals surface area contributed by atoms with Gasteiger partial charge in [-0.15, -0.1) is 0 Å². The van der Waals surface area contributed by atoms with Crippen LogP contribution in [0.5, 0.6) is 0 Å². The average Bonchev–Trinajstić information content (AvgIpc) is 3.24. The molecule has 0 amide bonds. The van der Waals surface area contributed by atoms with Gasteiger partial charge in [0, 0.05) is 50.8 Å². The van der Waals surface area contributed by atoms with Crippen LogP contribution in [0.3, 0.4) is 0 Å². The molecule has 8 heteroatoms. The van der Waals surface area contributed by atoms with Crippen LogP contribution in [-0.4, -0.2) is 35.6 Å². The molecule has 1 aliphatic carbocycles. The van der Waals surface area contributed by atoms with Crippen molar-refractivity contribution in [1.82, 2.24) is 15.0 Å². The van der Waals surface area contributed by atoms with Gasteiger partial charge in [0.15, 0.2) is 0 Å². The average molecular weight is 366 g/mol. The second-order valence-electron chi connectivity index (χ2n) is 7.08. The molecule has 0 radical (unpaired) electrons. The molecule has 2 aromatic rings. The third-order valence-electron chi connectivity index (χ3n) is 4.85. The quantitative estimate of drug-likeness (QED) is 0.772. The molecular weight excluding hydrogens is 348 g/mol. The van der Waals surface area contributed by atoms with E-state index < -0.39 is 11.7 Å². The molecule has 2 aliphatic rings. The third-order valence-corrected chi connectivity index (χ3v) is 5.06. The first-order valence-corrected chi connectivity index (χ1v) is 8.46. The van der Waals surface area contributed by atoms with Gasteiger partial charge in [0.2, 0.25) is 5.82 Å². The molecule has 1 spiro atoms. The van der Waals surface area contributed by atoms with E-state index in [4.69, 9.17) is 11.6 Å². The molecule has 0 atom stereocenters. The first kappa shape index (κ1) is 16.4. The van der Waals surface area contributed by atoms with Crippen molar-refractivity contribution in [2.75, 3.05) is 30.4 Å². The van der Waals surface area contributed by atoms with Gasteiger partial charge >= 0.3 is 5.92 Å². The number of pyridine rings is 1. The molecule has 25 heavy (non-hydrogen) atoms. The minimum absolute atomic E-state index is 0.0467. The van der Waals surface area contributed by atoms with Gasteiger partial charge in [-0.25, -0.2) is 15.0 Å². The zero-order valence-corrected chi connectivity index (χ0v) is 15.0. The van der Waals surface area contributed by atoms with E-state index in [9.17, 15) is 8.78 Å². The van der Waals surface area contributed by atoms with E-state index in [0.717, 1.165) is 31.0 Å². The van der Waals surface area contributed by atoms with Crippen molar-refractivity contribution in [3.8, 4) is 0 Å². The van der Waals surface area contributed by atoms with Crippen molar-refractivity contribution in [3.05, 3.63) is 34.9 Å². The lowest BCUT2D eigenvalue weighted by molar-refractivity contribution is 0.00790. The highest BCUT2D eigenvalue weighted by molar-refractivity contribution is 6.29. The third kappa shape index (κ3) is 2.70. The minimum atomic E-state index is -3.11. The molecule has 0 unspecified atom stereocenters. The summed E-state index contributed by atoms with van der Waals surface area (Å²) in [6.07, 6.45) is 3.92. The van der Waals surface area contributed by atoms with Gasteiger partial charge in [-0.2, -0.15) is 8.78 Å². The van der Waals surface area contributed by atoms with Crippen LogP contribution >= 0.6 is 11.6 Å². The van der Waals surface area contributed by atoms with E-state index in [2.05, 4.69) is 15.0 Å². The molecule has 0 N–H and O–H groups in total. The predicted octanol–water partition coefficient (Wildman–Crippen LogP) is 3.89. The number of hydrogen-bond donors (Lipinski definition) is 0. The molecule has 1 fully saturated rings. The van der Waals surface area contributed by atoms with E-state index in [-0.39, 0.29) is 5.41 Å². The van der Waals surface area contributed by atoms with Crippen LogP contribution < -0.4 is 9.80 Å². The van der Waals surface area contributed by atoms with Gasteiger partial charge in [0.1, 0.15) is 16.8 Å². The summed E-state index contributed by atoms with van der Waals surface area (Å²) in [5, 5.41) is 0.379. The highest BCUT2D eigenvalue weighted by atomic mass is 35.5. The van der Waals surface area contributed by atoms with E-state index in [1.807, 2.05) is 4.90 Å². The van der Waals surface area contributed by atoms with Gasteiger partial charge in [0.05, 0.1) is 5.69 Å². The highest BCUT2D eigenvalue weighted by Crippen LogP contribution is 2.58. The summed E-state index contributed by atoms with van der Waals surface area (Å²) in [4.78, 5) is 16.0. The summed E-state index contributed by atoms with van der Waals surface area (Å²) in [6, 6.07) is 3.51. The number of nitrogens with zero attached hydrogens (tertiary/aromatic N) is 5. The Kier molecular flexibility index (Phi) is 3.45. The van der Waals surface area contributed by atoms with E-state index in [0.29, 0.717) is 23.3 Å². The summed E-state index contributed by atoms with van der Waals surface area (Å²) in [5.41, 5.74) is 2.06. The zero-order valence-electron chi connectivity index (χ0n) is 14.2. The van der Waals surface area contributed by atoms with E-state index >= 15 is 0 Å². The number of aromatic nitrogens is 3. The Bertz CT molecular complexity index is 845. The number of anilines is 3. The Morgan fingerprint density at radius 1 is 1.24 bits per heavy atom. The van der Waals surface area contributed by atoms with Crippen molar-refractivity contribution in [2.45, 2.75) is 31.1 Å². The Balaban J connectivity index is 1.86. The molecule has 5 nitrogen and oxygen atoms in total. The summed E-state index contributed by atoms with van der Waals surface area (Å²) < 4.78 is 27.8. The lowest BCUT2D eigenvalue weighted by atomic mass is 10.0. The standard InChI is InChI=1S/C17H18ClF2N5/c1-16(19,20)15-22-13(24(2)3)7-14(23-15)25-9-17(4-5-17)10-8-21-12(18)6-11(10)25/h6-8H,4-5,9H2,1-3H3. The SMILES string of the molecule is CN(C)c1cc(N2CC3(CC3)c3cnc(Cl)cc32)nc(C(C)(F)F)n1. The van der Waals surface area contributed by atoms with Crippen molar-refractivity contribution in [3.63, 3.8) is 0 Å². The minimum Gasteiger partial charge on any atom is -0.363 e. The van der Waals surface area contributed by atoms with Gasteiger partial charge < -0.3 is 9.80 Å². The largest absolute Gasteiger partial charge is 0.363 e. The molecule has 0 saturated heterocycles. The lowest BCUT2D eigenvalue weighted by Gasteiger charge is -2.23. The fourth-order valence-corrected chi connectivity index (χ4v) is 3.45. The second-order valence-corrected chi connectivity index (χ2v) is 7.47. The number of fused-ring (bicyclic) bond motifs is 2. The van der Waals surface area contributed by atoms with Crippen LogP contribution in [0, 0.1) is 0 Å². The summed E-state index contributed by atoms with van der Waals surface area (Å²) in [7, 11) is 3.54. The molecule has 1 aliphatic heterocycles. The zero-order chi connectivity index (χ0) is 18.0. The smallest absolute Gasteiger partial charge is 0.303 e. The Morgan fingerprint density at radius 3 is 2.56 bits per heavy atom. The summed E-state index contributed by atoms with van der Waals surface area (Å²) in [5.74, 6) is -2.69. The van der Waals surface area contributed by atoms with Crippen LogP contribution in [0.2, 0.25) is 5.15 Å². The van der Waals surface area contributed by atoms with E-state index in [1.54, 1.807) is 37.3 Å². The van der Waals surface area contributed by atoms with Gasteiger partial charge in [0.25, 0.3) is 0 Å². The number of halogens is 3. The second kappa shape index (κ2) is 5.24. The molecular formula is C17H18ClF2N5. The summed E-state index contributed by atoms with van der Waals surface area (Å²) in [6.45, 7) is 1.51. The first-order chi connectivity index (χ1) is 11.7. The monoisotopic (exact) mass is 365 g/mol. The Morgan fingerprint density at radius 2 is 1.96 bits per heavy atom. The van der Waals surface area contributed by atoms with Crippen molar-refractivity contribution in [2.24, 2.45) is 0 Å². The molecule has 3 heterocycles. The fraction of sp³-hybridized carbons (Fsp3) is 0.471. The maximum Gasteiger partial charge on any atom is 0.303 e. The van der Waals surface area contributed by atoms with Crippen LogP contribution in [0.25, 0.3) is 0 Å². The molecule has 0 bridgehead atoms. The van der Waals surface area contributed by atoms with Gasteiger partial charge in [-0.1, -0.05) is 11.6 Å². The number of alkyl halides is 2. The molecule has 132 valence electrons. The molecule has 1 saturated carbocycles. The maximum absolute atomic E-state index is 13.9. The first-order valence-electron chi connectivity index (χ1n) is 8.08. The van der Waals surface area contributed by atoms with Crippen molar-refractivity contribution >= 4 is 28.9 Å². The van der Waals surface area contributed by atoms with E-state index in [1.165, 1.54) is 0 Å². The number of hydrogen-bond acceptors (Lipinski definition) is 5. The number of rotatable bonds is 3. The Labute approximate surface area is 149 Å². The predicted molar refractivity (Wildman–Crippen MR) is 93.1 cm³/mol. The van der Waals surface area contributed by atoms with Crippen LogP contribution in [0.1, 0.15) is 31.2 Å². The molecule has 0 aromatic carbocycles. The van der Waals surface area contributed by atoms with Gasteiger partial charge in [-0.3, -0.25) is 0 Å². The van der Waals surface area contributed by atoms with Gasteiger partial charge in [-0.05, 0) is 18.9 Å². The highest BCUT2D eigenvalue weighted by Gasteiger charge is 2.52. The Hall–Kier alpha value is -2.02. The molecule has 2 aromatic heterocycles. The van der Waals surface area contributed by atoms with Crippen LogP contribution in [0.15, 0.2) is 18.3 Å². The van der Waals surface area contributed by atoms with Crippen LogP contribution in [-0.2, 0) is 11.3 Å². The van der Waals surface area contributed by atoms with Crippen molar-refractivity contribution < 1.29 is 8.78 Å². The summed E-state index contributed by atoms with van der Waals surface area (Å²) >= 11 is 6.08. The normalized spacial score (nSPS) is 17.8. The fourth-order valence-electron chi connectivity index (χ4n) is 3.29.